The van der Waals surface area contributed by atoms with Crippen LogP contribution in [0.4, 0.5) is 10.1 Å². The van der Waals surface area contributed by atoms with Crippen molar-refractivity contribution >= 4 is 29.3 Å². The van der Waals surface area contributed by atoms with Crippen LogP contribution in [0, 0.1) is 12.7 Å². The van der Waals surface area contributed by atoms with Crippen molar-refractivity contribution < 1.29 is 18.7 Å². The molecule has 0 saturated heterocycles. The molecule has 1 amide bonds. The smallest absolute Gasteiger partial charge is 0.311 e. The molecular formula is C17H18FN3O4S. The summed E-state index contributed by atoms with van der Waals surface area (Å²) in [5.41, 5.74) is 0.631. The Morgan fingerprint density at radius 2 is 2.12 bits per heavy atom. The molecule has 2 rings (SSSR count). The Labute approximate surface area is 153 Å². The molecule has 1 aromatic carbocycles. The summed E-state index contributed by atoms with van der Waals surface area (Å²) in [4.78, 5) is 41.9. The van der Waals surface area contributed by atoms with E-state index in [0.29, 0.717) is 11.3 Å². The largest absolute Gasteiger partial charge is 0.469 e. The van der Waals surface area contributed by atoms with E-state index in [2.05, 4.69) is 20.0 Å². The number of anilines is 1. The number of hydrogen-bond acceptors (Lipinski definition) is 6. The first-order chi connectivity index (χ1) is 12.3. The molecule has 9 heteroatoms. The van der Waals surface area contributed by atoms with Gasteiger partial charge in [0.2, 0.25) is 5.91 Å². The van der Waals surface area contributed by atoms with Gasteiger partial charge in [-0.25, -0.2) is 9.37 Å². The van der Waals surface area contributed by atoms with Crippen molar-refractivity contribution in [2.75, 3.05) is 12.4 Å². The highest BCUT2D eigenvalue weighted by molar-refractivity contribution is 8.00. The number of thioether (sulfide) groups is 1. The van der Waals surface area contributed by atoms with E-state index < -0.39 is 22.6 Å². The number of nitrogens with zero attached hydrogens (tertiary/aromatic N) is 1. The van der Waals surface area contributed by atoms with Crippen LogP contribution in [0.25, 0.3) is 0 Å². The molecule has 0 aliphatic carbocycles. The molecule has 0 radical (unpaired) electrons. The van der Waals surface area contributed by atoms with Crippen molar-refractivity contribution in [2.45, 2.75) is 30.7 Å². The minimum absolute atomic E-state index is 0.142. The highest BCUT2D eigenvalue weighted by Gasteiger charge is 2.17. The second-order valence-electron chi connectivity index (χ2n) is 5.51. The van der Waals surface area contributed by atoms with Gasteiger partial charge in [0.1, 0.15) is 5.82 Å². The van der Waals surface area contributed by atoms with Crippen LogP contribution in [0.2, 0.25) is 0 Å². The zero-order chi connectivity index (χ0) is 19.3. The van der Waals surface area contributed by atoms with Crippen molar-refractivity contribution in [3.63, 3.8) is 0 Å². The number of carbonyl (C=O) groups is 2. The van der Waals surface area contributed by atoms with E-state index in [1.54, 1.807) is 26.0 Å². The highest BCUT2D eigenvalue weighted by atomic mass is 32.2. The number of amides is 1. The number of H-pyrrole nitrogens is 1. The number of esters is 1. The molecule has 0 saturated carbocycles. The molecule has 1 atom stereocenters. The number of methoxy groups -OCH3 is 1. The summed E-state index contributed by atoms with van der Waals surface area (Å²) in [5, 5.41) is 2.19. The third-order valence-electron chi connectivity index (χ3n) is 3.42. The third-order valence-corrected chi connectivity index (χ3v) is 4.41. The van der Waals surface area contributed by atoms with Crippen molar-refractivity contribution in [2.24, 2.45) is 0 Å². The van der Waals surface area contributed by atoms with Gasteiger partial charge in [-0.05, 0) is 31.5 Å². The van der Waals surface area contributed by atoms with Gasteiger partial charge in [-0.15, -0.1) is 0 Å². The fourth-order valence-electron chi connectivity index (χ4n) is 1.99. The van der Waals surface area contributed by atoms with Gasteiger partial charge in [-0.1, -0.05) is 17.8 Å². The van der Waals surface area contributed by atoms with Crippen LogP contribution < -0.4 is 10.9 Å². The lowest BCUT2D eigenvalue weighted by Crippen LogP contribution is -2.23. The van der Waals surface area contributed by atoms with Gasteiger partial charge in [0.15, 0.2) is 5.16 Å². The third kappa shape index (κ3) is 5.41. The predicted molar refractivity (Wildman–Crippen MR) is 95.7 cm³/mol. The van der Waals surface area contributed by atoms with Crippen molar-refractivity contribution in [3.05, 3.63) is 51.7 Å². The van der Waals surface area contributed by atoms with Gasteiger partial charge in [-0.2, -0.15) is 0 Å². The summed E-state index contributed by atoms with van der Waals surface area (Å²) in [6.07, 6.45) is -0.142. The molecular weight excluding hydrogens is 361 g/mol. The predicted octanol–water partition coefficient (Wildman–Crippen LogP) is 2.05. The van der Waals surface area contributed by atoms with Crippen molar-refractivity contribution in [1.29, 1.82) is 0 Å². The van der Waals surface area contributed by atoms with Crippen LogP contribution in [-0.2, 0) is 20.7 Å². The highest BCUT2D eigenvalue weighted by Crippen LogP contribution is 2.21. The molecule has 7 nitrogen and oxygen atoms in total. The number of hydrogen-bond donors (Lipinski definition) is 2. The molecule has 2 N–H and O–H groups in total. The lowest BCUT2D eigenvalue weighted by atomic mass is 10.2. The molecule has 0 unspecified atom stereocenters. The lowest BCUT2D eigenvalue weighted by Gasteiger charge is -2.12. The summed E-state index contributed by atoms with van der Waals surface area (Å²) in [6.45, 7) is 3.25. The summed E-state index contributed by atoms with van der Waals surface area (Å²) in [5.74, 6) is -1.31. The van der Waals surface area contributed by atoms with E-state index in [4.69, 9.17) is 0 Å². The molecule has 0 fully saturated rings. The molecule has 138 valence electrons. The first kappa shape index (κ1) is 19.6. The fourth-order valence-corrected chi connectivity index (χ4v) is 2.82. The van der Waals surface area contributed by atoms with Gasteiger partial charge in [0.25, 0.3) is 5.56 Å². The topological polar surface area (TPSA) is 101 Å². The van der Waals surface area contributed by atoms with E-state index in [1.807, 2.05) is 0 Å². The fraction of sp³-hybridized carbons (Fsp3) is 0.294. The van der Waals surface area contributed by atoms with E-state index in [9.17, 15) is 18.8 Å². The summed E-state index contributed by atoms with van der Waals surface area (Å²) >= 11 is 1.02. The minimum atomic E-state index is -0.615. The maximum absolute atomic E-state index is 13.6. The molecule has 2 aromatic rings. The molecule has 26 heavy (non-hydrogen) atoms. The average Bonchev–Trinajstić information content (AvgIpc) is 2.57. The number of nitrogens with one attached hydrogen (secondary N) is 2. The Morgan fingerprint density at radius 1 is 1.38 bits per heavy atom. The minimum Gasteiger partial charge on any atom is -0.469 e. The van der Waals surface area contributed by atoms with Crippen molar-refractivity contribution in [1.82, 2.24) is 9.97 Å². The van der Waals surface area contributed by atoms with Gasteiger partial charge >= 0.3 is 5.97 Å². The number of halogens is 1. The summed E-state index contributed by atoms with van der Waals surface area (Å²) in [7, 11) is 1.24. The van der Waals surface area contributed by atoms with Crippen LogP contribution in [0.3, 0.4) is 0 Å². The first-order valence-electron chi connectivity index (χ1n) is 7.69. The quantitative estimate of drug-likeness (QED) is 0.453. The van der Waals surface area contributed by atoms with E-state index in [1.165, 1.54) is 19.2 Å². The Balaban J connectivity index is 2.07. The zero-order valence-corrected chi connectivity index (χ0v) is 15.3. The number of aromatic amines is 1. The SMILES string of the molecule is COC(=O)Cc1cc(=O)[nH]c(S[C@H](C)C(=O)Nc2ccc(C)c(F)c2)n1. The van der Waals surface area contributed by atoms with Gasteiger partial charge in [0.05, 0.1) is 24.5 Å². The van der Waals surface area contributed by atoms with E-state index in [0.717, 1.165) is 11.8 Å². The number of rotatable bonds is 6. The second kappa shape index (κ2) is 8.61. The number of ether oxygens (including phenoxy) is 1. The maximum Gasteiger partial charge on any atom is 0.311 e. The van der Waals surface area contributed by atoms with Gasteiger partial charge in [-0.3, -0.25) is 14.4 Å². The monoisotopic (exact) mass is 379 g/mol. The van der Waals surface area contributed by atoms with Crippen molar-refractivity contribution in [3.8, 4) is 0 Å². The van der Waals surface area contributed by atoms with Crippen LogP contribution in [0.15, 0.2) is 34.2 Å². The van der Waals surface area contributed by atoms with Crippen LogP contribution in [-0.4, -0.2) is 34.2 Å². The summed E-state index contributed by atoms with van der Waals surface area (Å²) in [6, 6.07) is 5.60. The molecule has 0 bridgehead atoms. The number of carbonyl (C=O) groups excluding carboxylic acids is 2. The average molecular weight is 379 g/mol. The maximum atomic E-state index is 13.6. The molecule has 1 aromatic heterocycles. The zero-order valence-electron chi connectivity index (χ0n) is 14.5. The standard InChI is InChI=1S/C17H18FN3O4S/c1-9-4-5-11(6-13(9)18)19-16(24)10(2)26-17-20-12(7-14(22)21-17)8-15(23)25-3/h4-7,10H,8H2,1-3H3,(H,19,24)(H,20,21,22)/t10-/m1/s1. The number of benzene rings is 1. The molecule has 0 aliphatic rings. The normalized spacial score (nSPS) is 11.7. The Hall–Kier alpha value is -2.68. The van der Waals surface area contributed by atoms with Crippen LogP contribution in [0.1, 0.15) is 18.2 Å². The molecule has 0 aliphatic heterocycles. The van der Waals surface area contributed by atoms with Gasteiger partial charge in [0, 0.05) is 11.8 Å². The van der Waals surface area contributed by atoms with Crippen LogP contribution in [0.5, 0.6) is 0 Å². The molecule has 0 spiro atoms. The second-order valence-corrected chi connectivity index (χ2v) is 6.84. The van der Waals surface area contributed by atoms with Crippen LogP contribution >= 0.6 is 11.8 Å². The number of aromatic nitrogens is 2. The van der Waals surface area contributed by atoms with Gasteiger partial charge < -0.3 is 15.0 Å². The lowest BCUT2D eigenvalue weighted by molar-refractivity contribution is -0.139. The Kier molecular flexibility index (Phi) is 6.51. The van der Waals surface area contributed by atoms with E-state index >= 15 is 0 Å². The molecule has 1 heterocycles. The summed E-state index contributed by atoms with van der Waals surface area (Å²) < 4.78 is 18.1. The Bertz CT molecular complexity index is 885. The first-order valence-corrected chi connectivity index (χ1v) is 8.57. The number of aryl methyl sites for hydroxylation is 1. The van der Waals surface area contributed by atoms with E-state index in [-0.39, 0.29) is 23.2 Å². The Morgan fingerprint density at radius 3 is 2.77 bits per heavy atom.